The molecule has 0 saturated carbocycles. The summed E-state index contributed by atoms with van der Waals surface area (Å²) in [7, 11) is -9.93. The lowest BCUT2D eigenvalue weighted by molar-refractivity contribution is -0.161. The normalized spacial score (nSPS) is 13.8. The van der Waals surface area contributed by atoms with E-state index in [-0.39, 0.29) is 25.7 Å². The van der Waals surface area contributed by atoms with Gasteiger partial charge in [-0.15, -0.1) is 0 Å². The number of ether oxygens (including phenoxy) is 4. The van der Waals surface area contributed by atoms with Gasteiger partial charge >= 0.3 is 39.5 Å². The molecule has 642 valence electrons. The van der Waals surface area contributed by atoms with Gasteiger partial charge in [0.15, 0.2) is 12.2 Å². The zero-order chi connectivity index (χ0) is 79.2. The minimum atomic E-state index is -4.97. The van der Waals surface area contributed by atoms with E-state index < -0.39 is 97.5 Å². The predicted molar refractivity (Wildman–Crippen MR) is 446 cm³/mol. The molecular weight excluding hydrogens is 1400 g/mol. The third kappa shape index (κ3) is 82.1. The van der Waals surface area contributed by atoms with Gasteiger partial charge in [-0.2, -0.15) is 0 Å². The number of unbranched alkanes of at least 4 members (excludes halogenated alkanes) is 58. The maximum absolute atomic E-state index is 13.2. The molecule has 19 heteroatoms. The predicted octanol–water partition coefficient (Wildman–Crippen LogP) is 27.4. The smallest absolute Gasteiger partial charge is 0.462 e. The quantitative estimate of drug-likeness (QED) is 0.0222. The van der Waals surface area contributed by atoms with Gasteiger partial charge in [-0.1, -0.05) is 427 Å². The maximum Gasteiger partial charge on any atom is 0.472 e. The van der Waals surface area contributed by atoms with Crippen molar-refractivity contribution in [2.75, 3.05) is 39.6 Å². The molecule has 0 aliphatic heterocycles. The second-order valence-corrected chi connectivity index (χ2v) is 35.8. The van der Waals surface area contributed by atoms with Crippen LogP contribution in [0.5, 0.6) is 0 Å². The molecule has 0 aromatic rings. The molecule has 0 aliphatic rings. The average Bonchev–Trinajstić information content (AvgIpc) is 0.901. The summed E-state index contributed by atoms with van der Waals surface area (Å²) in [6.07, 6.45) is 73.7. The SMILES string of the molecule is CCCCCCCCCCCCCCCCCCCC(=O)O[C@H](COC(=O)CCCCCCCCCCC)COP(=O)(O)OC[C@H](O)COP(=O)(O)OC[C@@H](COC(=O)CCCCCCCCCCCCCCCCCCCCC(C)C)OC(=O)CCCCCCCCCCCCCCCCCCCCC(C)C. The second kappa shape index (κ2) is 80.3. The molecule has 0 aromatic heterocycles. The molecule has 0 fully saturated rings. The van der Waals surface area contributed by atoms with Crippen molar-refractivity contribution in [2.24, 2.45) is 11.8 Å². The number of hydrogen-bond donors (Lipinski definition) is 3. The van der Waals surface area contributed by atoms with E-state index in [0.717, 1.165) is 102 Å². The van der Waals surface area contributed by atoms with Crippen molar-refractivity contribution in [1.29, 1.82) is 0 Å². The van der Waals surface area contributed by atoms with Gasteiger partial charge in [0.2, 0.25) is 0 Å². The Morgan fingerprint density at radius 2 is 0.426 bits per heavy atom. The Labute approximate surface area is 664 Å². The fraction of sp³-hybridized carbons (Fsp3) is 0.955. The van der Waals surface area contributed by atoms with Crippen LogP contribution in [-0.2, 0) is 65.4 Å². The molecule has 17 nitrogen and oxygen atoms in total. The van der Waals surface area contributed by atoms with E-state index in [1.165, 1.54) is 295 Å². The molecule has 0 aromatic carbocycles. The van der Waals surface area contributed by atoms with E-state index in [2.05, 4.69) is 41.5 Å². The first-order valence-corrected chi connectivity index (χ1v) is 49.0. The summed E-state index contributed by atoms with van der Waals surface area (Å²) in [6, 6.07) is 0. The topological polar surface area (TPSA) is 237 Å². The lowest BCUT2D eigenvalue weighted by atomic mass is 10.0. The molecule has 2 unspecified atom stereocenters. The molecule has 0 amide bonds. The lowest BCUT2D eigenvalue weighted by Gasteiger charge is -2.21. The Morgan fingerprint density at radius 3 is 0.630 bits per heavy atom. The molecule has 0 rings (SSSR count). The van der Waals surface area contributed by atoms with Crippen LogP contribution in [0, 0.1) is 11.8 Å². The summed E-state index contributed by atoms with van der Waals surface area (Å²) in [5, 5.41) is 10.7. The van der Waals surface area contributed by atoms with Gasteiger partial charge in [-0.3, -0.25) is 37.3 Å². The molecular formula is C89H174O17P2. The summed E-state index contributed by atoms with van der Waals surface area (Å²) in [5.74, 6) is -0.455. The average molecular weight is 1580 g/mol. The molecule has 0 aliphatic carbocycles. The van der Waals surface area contributed by atoms with Crippen molar-refractivity contribution in [3.63, 3.8) is 0 Å². The van der Waals surface area contributed by atoms with Crippen LogP contribution >= 0.6 is 15.6 Å². The van der Waals surface area contributed by atoms with Crippen LogP contribution in [-0.4, -0.2) is 96.7 Å². The minimum Gasteiger partial charge on any atom is -0.462 e. The van der Waals surface area contributed by atoms with Crippen molar-refractivity contribution in [3.05, 3.63) is 0 Å². The van der Waals surface area contributed by atoms with Crippen molar-refractivity contribution in [2.45, 2.75) is 496 Å². The Bertz CT molecular complexity index is 2060. The number of esters is 4. The largest absolute Gasteiger partial charge is 0.472 e. The van der Waals surface area contributed by atoms with Crippen LogP contribution in [0.3, 0.4) is 0 Å². The number of phosphoric ester groups is 2. The van der Waals surface area contributed by atoms with Crippen LogP contribution < -0.4 is 0 Å². The molecule has 0 bridgehead atoms. The minimum absolute atomic E-state index is 0.109. The van der Waals surface area contributed by atoms with Crippen LogP contribution in [0.15, 0.2) is 0 Å². The Balaban J connectivity index is 5.20. The first-order valence-electron chi connectivity index (χ1n) is 46.0. The summed E-state index contributed by atoms with van der Waals surface area (Å²) in [6.45, 7) is 9.75. The Kier molecular flexibility index (Phi) is 78.8. The highest BCUT2D eigenvalue weighted by Crippen LogP contribution is 2.45. The number of aliphatic hydroxyl groups excluding tert-OH is 1. The van der Waals surface area contributed by atoms with E-state index in [1.54, 1.807) is 0 Å². The summed E-state index contributed by atoms with van der Waals surface area (Å²) in [4.78, 5) is 73.3. The van der Waals surface area contributed by atoms with Crippen molar-refractivity contribution in [3.8, 4) is 0 Å². The van der Waals surface area contributed by atoms with Gasteiger partial charge < -0.3 is 33.8 Å². The van der Waals surface area contributed by atoms with Crippen molar-refractivity contribution < 1.29 is 80.2 Å². The molecule has 0 spiro atoms. The lowest BCUT2D eigenvalue weighted by Crippen LogP contribution is -2.30. The van der Waals surface area contributed by atoms with E-state index in [0.29, 0.717) is 25.7 Å². The zero-order valence-corrected chi connectivity index (χ0v) is 73.0. The molecule has 108 heavy (non-hydrogen) atoms. The number of aliphatic hydroxyl groups is 1. The summed E-state index contributed by atoms with van der Waals surface area (Å²) < 4.78 is 68.9. The third-order valence-corrected chi connectivity index (χ3v) is 22.9. The standard InChI is InChI=1S/C89H174O17P2/c1-7-9-11-13-15-17-18-19-20-25-33-38-43-49-55-61-67-73-88(93)105-84(77-99-86(91)71-65-59-53-45-16-14-12-10-8-2)79-103-107(95,96)101-75-83(90)76-102-108(97,98)104-80-85(106-89(94)74-68-62-56-50-44-39-34-29-24-22-27-31-36-41-47-52-58-64-70-82(5)6)78-100-87(92)72-66-60-54-48-42-37-32-28-23-21-26-30-35-40-46-51-57-63-69-81(3)4/h81-85,90H,7-80H2,1-6H3,(H,95,96)(H,97,98)/t83-,84+,85+/m0/s1. The van der Waals surface area contributed by atoms with Crippen LogP contribution in [0.2, 0.25) is 0 Å². The Hall–Kier alpha value is -1.94. The first kappa shape index (κ1) is 106. The zero-order valence-electron chi connectivity index (χ0n) is 71.2. The molecule has 0 saturated heterocycles. The second-order valence-electron chi connectivity index (χ2n) is 32.9. The third-order valence-electron chi connectivity index (χ3n) is 21.0. The van der Waals surface area contributed by atoms with Crippen molar-refractivity contribution in [1.82, 2.24) is 0 Å². The van der Waals surface area contributed by atoms with Gasteiger partial charge in [0.1, 0.15) is 19.3 Å². The van der Waals surface area contributed by atoms with Crippen LogP contribution in [0.1, 0.15) is 478 Å². The highest BCUT2D eigenvalue weighted by Gasteiger charge is 2.31. The van der Waals surface area contributed by atoms with Gasteiger partial charge in [-0.25, -0.2) is 9.13 Å². The molecule has 3 N–H and O–H groups in total. The van der Waals surface area contributed by atoms with Crippen molar-refractivity contribution >= 4 is 39.5 Å². The fourth-order valence-electron chi connectivity index (χ4n) is 14.0. The number of carbonyl (C=O) groups is 4. The van der Waals surface area contributed by atoms with Gasteiger partial charge in [0.05, 0.1) is 26.4 Å². The molecule has 5 atom stereocenters. The van der Waals surface area contributed by atoms with Gasteiger partial charge in [0.25, 0.3) is 0 Å². The number of rotatable bonds is 88. The first-order chi connectivity index (χ1) is 52.4. The fourth-order valence-corrected chi connectivity index (χ4v) is 15.5. The van der Waals surface area contributed by atoms with E-state index in [9.17, 15) is 43.2 Å². The Morgan fingerprint density at radius 1 is 0.250 bits per heavy atom. The van der Waals surface area contributed by atoms with Crippen LogP contribution in [0.4, 0.5) is 0 Å². The highest BCUT2D eigenvalue weighted by molar-refractivity contribution is 7.47. The monoisotopic (exact) mass is 1580 g/mol. The van der Waals surface area contributed by atoms with E-state index >= 15 is 0 Å². The van der Waals surface area contributed by atoms with E-state index in [1.807, 2.05) is 0 Å². The molecule has 0 heterocycles. The van der Waals surface area contributed by atoms with Gasteiger partial charge in [-0.05, 0) is 37.5 Å². The van der Waals surface area contributed by atoms with Crippen LogP contribution in [0.25, 0.3) is 0 Å². The summed E-state index contributed by atoms with van der Waals surface area (Å²) >= 11 is 0. The number of phosphoric acid groups is 2. The highest BCUT2D eigenvalue weighted by atomic mass is 31.2. The molecule has 0 radical (unpaired) electrons. The van der Waals surface area contributed by atoms with Gasteiger partial charge in [0, 0.05) is 25.7 Å². The van der Waals surface area contributed by atoms with E-state index in [4.69, 9.17) is 37.0 Å². The number of hydrogen-bond acceptors (Lipinski definition) is 15. The maximum atomic E-state index is 13.2. The summed E-state index contributed by atoms with van der Waals surface area (Å²) in [5.41, 5.74) is 0. The number of carbonyl (C=O) groups excluding carboxylic acids is 4.